The third kappa shape index (κ3) is 4.98. The quantitative estimate of drug-likeness (QED) is 0.550. The van der Waals surface area contributed by atoms with E-state index in [1.165, 1.54) is 5.56 Å². The Balaban J connectivity index is 1.61. The number of nitrogens with zero attached hydrogens (tertiary/aromatic N) is 1. The lowest BCUT2D eigenvalue weighted by atomic mass is 10.2. The van der Waals surface area contributed by atoms with Crippen LogP contribution in [0.3, 0.4) is 0 Å². The highest BCUT2D eigenvalue weighted by Gasteiger charge is 2.11. The minimum absolute atomic E-state index is 0.266. The summed E-state index contributed by atoms with van der Waals surface area (Å²) >= 11 is 13.6. The van der Waals surface area contributed by atoms with Crippen molar-refractivity contribution in [1.82, 2.24) is 4.98 Å². The molecule has 126 valence electrons. The lowest BCUT2D eigenvalue weighted by molar-refractivity contribution is 0.102. The van der Waals surface area contributed by atoms with Crippen LogP contribution in [0.25, 0.3) is 0 Å². The number of carbonyl (C=O) groups is 1. The molecule has 0 aliphatic carbocycles. The van der Waals surface area contributed by atoms with Crippen LogP contribution in [0.5, 0.6) is 0 Å². The number of carbonyl (C=O) groups excluding carboxylic acids is 1. The first-order valence-corrected chi connectivity index (χ1v) is 9.24. The number of halogens is 2. The van der Waals surface area contributed by atoms with Crippen LogP contribution >= 0.6 is 35.0 Å². The Hall–Kier alpha value is -2.01. The molecule has 1 heterocycles. The number of hydrogen-bond acceptors (Lipinski definition) is 3. The van der Waals surface area contributed by atoms with E-state index in [0.717, 1.165) is 10.6 Å². The molecule has 0 saturated carbocycles. The zero-order chi connectivity index (χ0) is 17.6. The number of pyridine rings is 1. The molecule has 0 saturated heterocycles. The Morgan fingerprint density at radius 1 is 1.08 bits per heavy atom. The molecule has 3 aromatic rings. The average Bonchev–Trinajstić information content (AvgIpc) is 2.62. The highest BCUT2D eigenvalue weighted by molar-refractivity contribution is 7.98. The zero-order valence-corrected chi connectivity index (χ0v) is 15.4. The van der Waals surface area contributed by atoms with Gasteiger partial charge < -0.3 is 5.32 Å². The topological polar surface area (TPSA) is 42.0 Å². The van der Waals surface area contributed by atoms with Crippen LogP contribution in [0, 0.1) is 0 Å². The minimum Gasteiger partial charge on any atom is -0.322 e. The maximum absolute atomic E-state index is 12.3. The fourth-order valence-corrected chi connectivity index (χ4v) is 3.48. The number of nitrogens with one attached hydrogen (secondary N) is 1. The maximum atomic E-state index is 12.3. The molecule has 0 spiro atoms. The molecule has 0 atom stereocenters. The van der Waals surface area contributed by atoms with E-state index in [1.54, 1.807) is 36.2 Å². The molecule has 0 unspecified atom stereocenters. The van der Waals surface area contributed by atoms with Crippen LogP contribution in [0.4, 0.5) is 5.69 Å². The third-order valence-corrected chi connectivity index (χ3v) is 5.05. The first-order valence-electron chi connectivity index (χ1n) is 7.50. The number of anilines is 1. The second-order valence-electron chi connectivity index (χ2n) is 5.25. The Bertz CT molecular complexity index is 870. The molecule has 0 fully saturated rings. The van der Waals surface area contributed by atoms with Crippen molar-refractivity contribution < 1.29 is 4.79 Å². The van der Waals surface area contributed by atoms with Crippen molar-refractivity contribution in [3.8, 4) is 0 Å². The van der Waals surface area contributed by atoms with Gasteiger partial charge in [-0.05, 0) is 54.1 Å². The van der Waals surface area contributed by atoms with E-state index >= 15 is 0 Å². The summed E-state index contributed by atoms with van der Waals surface area (Å²) in [6, 6.07) is 16.5. The molecule has 2 aromatic carbocycles. The molecule has 0 aliphatic rings. The standard InChI is InChI=1S/C19H14Cl2N2OS/c20-14-3-8-17(18(21)10-14)19(24)23-15-4-6-16(7-5-15)25-12-13-2-1-9-22-11-13/h1-11H,12H2,(H,23,24). The van der Waals surface area contributed by atoms with E-state index in [-0.39, 0.29) is 5.91 Å². The smallest absolute Gasteiger partial charge is 0.257 e. The van der Waals surface area contributed by atoms with Crippen LogP contribution in [-0.2, 0) is 5.75 Å². The number of benzene rings is 2. The number of hydrogen-bond donors (Lipinski definition) is 1. The van der Waals surface area contributed by atoms with Gasteiger partial charge in [-0.1, -0.05) is 29.3 Å². The van der Waals surface area contributed by atoms with Crippen LogP contribution in [0.1, 0.15) is 15.9 Å². The largest absolute Gasteiger partial charge is 0.322 e. The summed E-state index contributed by atoms with van der Waals surface area (Å²) < 4.78 is 0. The molecule has 1 amide bonds. The lowest BCUT2D eigenvalue weighted by Crippen LogP contribution is -2.12. The van der Waals surface area contributed by atoms with Crippen LogP contribution < -0.4 is 5.32 Å². The van der Waals surface area contributed by atoms with Gasteiger partial charge in [0.25, 0.3) is 5.91 Å². The van der Waals surface area contributed by atoms with E-state index in [2.05, 4.69) is 10.3 Å². The van der Waals surface area contributed by atoms with E-state index in [4.69, 9.17) is 23.2 Å². The molecule has 0 bridgehead atoms. The Labute approximate surface area is 160 Å². The van der Waals surface area contributed by atoms with Gasteiger partial charge in [0.15, 0.2) is 0 Å². The Morgan fingerprint density at radius 2 is 1.88 bits per heavy atom. The minimum atomic E-state index is -0.266. The molecule has 0 aliphatic heterocycles. The molecular weight excluding hydrogens is 375 g/mol. The first kappa shape index (κ1) is 17.8. The second kappa shape index (κ2) is 8.39. The SMILES string of the molecule is O=C(Nc1ccc(SCc2cccnc2)cc1)c1ccc(Cl)cc1Cl. The number of rotatable bonds is 5. The molecule has 0 radical (unpaired) electrons. The van der Waals surface area contributed by atoms with Crippen molar-refractivity contribution in [1.29, 1.82) is 0 Å². The van der Waals surface area contributed by atoms with Gasteiger partial charge in [0.1, 0.15) is 0 Å². The van der Waals surface area contributed by atoms with Gasteiger partial charge in [-0.2, -0.15) is 0 Å². The predicted octanol–water partition coefficient (Wildman–Crippen LogP) is 5.93. The van der Waals surface area contributed by atoms with Gasteiger partial charge in [0.2, 0.25) is 0 Å². The average molecular weight is 389 g/mol. The lowest BCUT2D eigenvalue weighted by Gasteiger charge is -2.08. The first-order chi connectivity index (χ1) is 12.1. The van der Waals surface area contributed by atoms with Crippen LogP contribution in [0.15, 0.2) is 71.9 Å². The second-order valence-corrected chi connectivity index (χ2v) is 7.15. The summed E-state index contributed by atoms with van der Waals surface area (Å²) in [5.74, 6) is 0.581. The number of amides is 1. The van der Waals surface area contributed by atoms with Crippen molar-refractivity contribution in [3.63, 3.8) is 0 Å². The van der Waals surface area contributed by atoms with Crippen molar-refractivity contribution in [2.45, 2.75) is 10.6 Å². The fourth-order valence-electron chi connectivity index (χ4n) is 2.16. The van der Waals surface area contributed by atoms with Crippen molar-refractivity contribution >= 4 is 46.6 Å². The summed E-state index contributed by atoms with van der Waals surface area (Å²) in [7, 11) is 0. The van der Waals surface area contributed by atoms with Crippen molar-refractivity contribution in [2.24, 2.45) is 0 Å². The normalized spacial score (nSPS) is 10.5. The summed E-state index contributed by atoms with van der Waals surface area (Å²) in [6.07, 6.45) is 3.62. The molecule has 3 rings (SSSR count). The molecule has 25 heavy (non-hydrogen) atoms. The molecule has 1 N–H and O–H groups in total. The summed E-state index contributed by atoms with van der Waals surface area (Å²) in [4.78, 5) is 17.5. The monoisotopic (exact) mass is 388 g/mol. The van der Waals surface area contributed by atoms with Gasteiger partial charge in [-0.15, -0.1) is 11.8 Å². The van der Waals surface area contributed by atoms with Crippen molar-refractivity contribution in [2.75, 3.05) is 5.32 Å². The van der Waals surface area contributed by atoms with Gasteiger partial charge >= 0.3 is 0 Å². The highest BCUT2D eigenvalue weighted by atomic mass is 35.5. The number of thioether (sulfide) groups is 1. The van der Waals surface area contributed by atoms with Gasteiger partial charge in [0.05, 0.1) is 10.6 Å². The van der Waals surface area contributed by atoms with Gasteiger partial charge in [-0.25, -0.2) is 0 Å². The molecule has 1 aromatic heterocycles. The third-order valence-electron chi connectivity index (χ3n) is 3.42. The van der Waals surface area contributed by atoms with E-state index in [9.17, 15) is 4.79 Å². The zero-order valence-electron chi connectivity index (χ0n) is 13.1. The Morgan fingerprint density at radius 3 is 2.56 bits per heavy atom. The summed E-state index contributed by atoms with van der Waals surface area (Å²) in [5, 5.41) is 3.66. The van der Waals surface area contributed by atoms with Gasteiger partial charge in [-0.3, -0.25) is 9.78 Å². The summed E-state index contributed by atoms with van der Waals surface area (Å²) in [6.45, 7) is 0. The maximum Gasteiger partial charge on any atom is 0.257 e. The fraction of sp³-hybridized carbons (Fsp3) is 0.0526. The van der Waals surface area contributed by atoms with E-state index in [1.807, 2.05) is 42.6 Å². The predicted molar refractivity (Wildman–Crippen MR) is 105 cm³/mol. The van der Waals surface area contributed by atoms with E-state index < -0.39 is 0 Å². The number of aromatic nitrogens is 1. The van der Waals surface area contributed by atoms with E-state index in [0.29, 0.717) is 21.3 Å². The molecule has 3 nitrogen and oxygen atoms in total. The molecular formula is C19H14Cl2N2OS. The van der Waals surface area contributed by atoms with Crippen LogP contribution in [0.2, 0.25) is 10.0 Å². The molecule has 6 heteroatoms. The van der Waals surface area contributed by atoms with Gasteiger partial charge in [0, 0.05) is 33.8 Å². The highest BCUT2D eigenvalue weighted by Crippen LogP contribution is 2.25. The Kier molecular flexibility index (Phi) is 5.97. The van der Waals surface area contributed by atoms with Crippen LogP contribution in [-0.4, -0.2) is 10.9 Å². The summed E-state index contributed by atoms with van der Waals surface area (Å²) in [5.41, 5.74) is 2.27. The van der Waals surface area contributed by atoms with Crippen molar-refractivity contribution in [3.05, 3.63) is 88.2 Å².